The lowest BCUT2D eigenvalue weighted by Gasteiger charge is -2.24. The number of anilines is 1. The summed E-state index contributed by atoms with van der Waals surface area (Å²) >= 11 is 1.42. The number of thioether (sulfide) groups is 1. The fourth-order valence-electron chi connectivity index (χ4n) is 2.58. The van der Waals surface area contributed by atoms with Crippen LogP contribution in [0.2, 0.25) is 0 Å². The van der Waals surface area contributed by atoms with Gasteiger partial charge >= 0.3 is 5.97 Å². The van der Waals surface area contributed by atoms with Crippen LogP contribution in [0, 0.1) is 6.92 Å². The van der Waals surface area contributed by atoms with Crippen molar-refractivity contribution in [2.45, 2.75) is 25.1 Å². The standard InChI is InChI=1S/C19H19N3O4S/c1-12-3-5-13(6-4-12)17-20-21-19(2,27-17)11-16(23)22(26)15-9-7-14(8-10-15)18(24)25/h3-10,21,26H,11H2,1-2H3,(H,24,25). The van der Waals surface area contributed by atoms with Crippen LogP contribution in [0.15, 0.2) is 53.6 Å². The molecular formula is C19H19N3O4S. The van der Waals surface area contributed by atoms with Gasteiger partial charge in [-0.3, -0.25) is 15.4 Å². The summed E-state index contributed by atoms with van der Waals surface area (Å²) in [5.41, 5.74) is 5.37. The maximum Gasteiger partial charge on any atom is 0.335 e. The van der Waals surface area contributed by atoms with E-state index >= 15 is 0 Å². The van der Waals surface area contributed by atoms with E-state index in [0.717, 1.165) is 16.2 Å². The molecule has 2 aromatic rings. The quantitative estimate of drug-likeness (QED) is 0.539. The van der Waals surface area contributed by atoms with Crippen LogP contribution in [0.1, 0.15) is 34.8 Å². The molecule has 1 unspecified atom stereocenters. The summed E-state index contributed by atoms with van der Waals surface area (Å²) in [5, 5.41) is 24.7. The zero-order valence-electron chi connectivity index (χ0n) is 14.8. The van der Waals surface area contributed by atoms with Crippen LogP contribution in [0.25, 0.3) is 0 Å². The van der Waals surface area contributed by atoms with Crippen molar-refractivity contribution in [1.82, 2.24) is 5.43 Å². The monoisotopic (exact) mass is 385 g/mol. The first-order chi connectivity index (χ1) is 12.8. The Morgan fingerprint density at radius 3 is 2.37 bits per heavy atom. The summed E-state index contributed by atoms with van der Waals surface area (Å²) in [5.74, 6) is -1.60. The number of hydrazone groups is 1. The third-order valence-corrected chi connectivity index (χ3v) is 5.30. The predicted octanol–water partition coefficient (Wildman–Crippen LogP) is 3.22. The number of hydrogen-bond donors (Lipinski definition) is 3. The van der Waals surface area contributed by atoms with Crippen molar-refractivity contribution in [1.29, 1.82) is 0 Å². The number of nitrogens with one attached hydrogen (secondary N) is 1. The molecule has 1 aliphatic rings. The van der Waals surface area contributed by atoms with Crippen LogP contribution in [0.4, 0.5) is 5.69 Å². The summed E-state index contributed by atoms with van der Waals surface area (Å²) in [6, 6.07) is 13.4. The molecule has 140 valence electrons. The number of carbonyl (C=O) groups is 2. The molecule has 1 amide bonds. The van der Waals surface area contributed by atoms with Gasteiger partial charge in [0.15, 0.2) is 0 Å². The molecule has 0 radical (unpaired) electrons. The first kappa shape index (κ1) is 18.9. The highest BCUT2D eigenvalue weighted by Gasteiger charge is 2.36. The fraction of sp³-hybridized carbons (Fsp3) is 0.211. The smallest absolute Gasteiger partial charge is 0.335 e. The molecule has 1 atom stereocenters. The summed E-state index contributed by atoms with van der Waals surface area (Å²) in [6.07, 6.45) is -0.00624. The molecule has 2 aromatic carbocycles. The van der Waals surface area contributed by atoms with Crippen molar-refractivity contribution < 1.29 is 19.9 Å². The molecule has 27 heavy (non-hydrogen) atoms. The van der Waals surface area contributed by atoms with E-state index in [1.54, 1.807) is 0 Å². The Labute approximate surface area is 160 Å². The Balaban J connectivity index is 1.65. The number of nitrogens with zero attached hydrogens (tertiary/aromatic N) is 2. The Kier molecular flexibility index (Phi) is 5.20. The summed E-state index contributed by atoms with van der Waals surface area (Å²) in [6.45, 7) is 3.84. The molecule has 0 saturated carbocycles. The van der Waals surface area contributed by atoms with Crippen molar-refractivity contribution in [2.75, 3.05) is 5.06 Å². The number of carboxylic acids is 1. The van der Waals surface area contributed by atoms with Crippen molar-refractivity contribution in [3.8, 4) is 0 Å². The molecule has 1 aliphatic heterocycles. The number of amides is 1. The SMILES string of the molecule is Cc1ccc(C2=NNC(C)(CC(=O)N(O)c3ccc(C(=O)O)cc3)S2)cc1. The van der Waals surface area contributed by atoms with Gasteiger partial charge < -0.3 is 5.11 Å². The molecule has 0 spiro atoms. The van der Waals surface area contributed by atoms with Crippen LogP contribution in [0.5, 0.6) is 0 Å². The van der Waals surface area contributed by atoms with E-state index in [1.165, 1.54) is 36.0 Å². The molecule has 0 aromatic heterocycles. The molecule has 0 bridgehead atoms. The van der Waals surface area contributed by atoms with Crippen LogP contribution < -0.4 is 10.5 Å². The third kappa shape index (κ3) is 4.29. The molecule has 0 aliphatic carbocycles. The van der Waals surface area contributed by atoms with E-state index in [0.29, 0.717) is 5.06 Å². The van der Waals surface area contributed by atoms with Crippen LogP contribution in [0.3, 0.4) is 0 Å². The van der Waals surface area contributed by atoms with Gasteiger partial charge in [0.05, 0.1) is 17.7 Å². The third-order valence-electron chi connectivity index (χ3n) is 4.10. The Bertz CT molecular complexity index is 896. The minimum absolute atomic E-state index is 0.00624. The Morgan fingerprint density at radius 1 is 1.15 bits per heavy atom. The van der Waals surface area contributed by atoms with Crippen molar-refractivity contribution >= 4 is 34.4 Å². The number of rotatable bonds is 5. The molecule has 0 saturated heterocycles. The zero-order valence-corrected chi connectivity index (χ0v) is 15.7. The Morgan fingerprint density at radius 2 is 1.78 bits per heavy atom. The van der Waals surface area contributed by atoms with E-state index in [9.17, 15) is 14.8 Å². The second kappa shape index (κ2) is 7.42. The average Bonchev–Trinajstić information content (AvgIpc) is 3.03. The van der Waals surface area contributed by atoms with E-state index in [4.69, 9.17) is 5.11 Å². The maximum absolute atomic E-state index is 12.5. The molecule has 0 fully saturated rings. The lowest BCUT2D eigenvalue weighted by molar-refractivity contribution is -0.124. The number of hydroxylamine groups is 1. The zero-order chi connectivity index (χ0) is 19.6. The van der Waals surface area contributed by atoms with Gasteiger partial charge in [-0.1, -0.05) is 41.6 Å². The minimum Gasteiger partial charge on any atom is -0.478 e. The molecule has 3 rings (SSSR count). The summed E-state index contributed by atoms with van der Waals surface area (Å²) in [4.78, 5) is 22.7. The predicted molar refractivity (Wildman–Crippen MR) is 104 cm³/mol. The minimum atomic E-state index is -1.07. The maximum atomic E-state index is 12.5. The molecular weight excluding hydrogens is 366 g/mol. The van der Waals surface area contributed by atoms with Gasteiger partial charge in [-0.05, 0) is 38.1 Å². The van der Waals surface area contributed by atoms with Gasteiger partial charge in [0.25, 0.3) is 5.91 Å². The molecule has 3 N–H and O–H groups in total. The normalized spacial score (nSPS) is 18.6. The first-order valence-corrected chi connectivity index (χ1v) is 9.05. The van der Waals surface area contributed by atoms with E-state index in [2.05, 4.69) is 10.5 Å². The number of carbonyl (C=O) groups excluding carboxylic acids is 1. The molecule has 1 heterocycles. The van der Waals surface area contributed by atoms with Gasteiger partial charge in [-0.25, -0.2) is 4.79 Å². The molecule has 7 nitrogen and oxygen atoms in total. The second-order valence-electron chi connectivity index (χ2n) is 6.46. The first-order valence-electron chi connectivity index (χ1n) is 8.23. The van der Waals surface area contributed by atoms with Crippen LogP contribution in [-0.2, 0) is 4.79 Å². The largest absolute Gasteiger partial charge is 0.478 e. The van der Waals surface area contributed by atoms with Gasteiger partial charge in [0.1, 0.15) is 9.91 Å². The topological polar surface area (TPSA) is 102 Å². The number of aromatic carboxylic acids is 1. The molecule has 8 heteroatoms. The number of aryl methyl sites for hydroxylation is 1. The van der Waals surface area contributed by atoms with Crippen LogP contribution in [-0.4, -0.2) is 32.1 Å². The fourth-order valence-corrected chi connectivity index (χ4v) is 3.63. The van der Waals surface area contributed by atoms with Gasteiger partial charge in [0.2, 0.25) is 0 Å². The lowest BCUT2D eigenvalue weighted by Crippen LogP contribution is -2.39. The van der Waals surface area contributed by atoms with Gasteiger partial charge in [-0.15, -0.1) is 0 Å². The average molecular weight is 385 g/mol. The second-order valence-corrected chi connectivity index (χ2v) is 7.95. The van der Waals surface area contributed by atoms with Crippen molar-refractivity contribution in [3.63, 3.8) is 0 Å². The van der Waals surface area contributed by atoms with Gasteiger partial charge in [-0.2, -0.15) is 10.2 Å². The number of carboxylic acid groups (broad SMARTS) is 1. The summed E-state index contributed by atoms with van der Waals surface area (Å²) < 4.78 is 0. The highest BCUT2D eigenvalue weighted by atomic mass is 32.2. The Hall–Kier alpha value is -2.84. The van der Waals surface area contributed by atoms with E-state index in [-0.39, 0.29) is 17.7 Å². The van der Waals surface area contributed by atoms with E-state index < -0.39 is 16.7 Å². The van der Waals surface area contributed by atoms with Crippen molar-refractivity contribution in [3.05, 3.63) is 65.2 Å². The van der Waals surface area contributed by atoms with Crippen molar-refractivity contribution in [2.24, 2.45) is 5.10 Å². The van der Waals surface area contributed by atoms with Crippen LogP contribution >= 0.6 is 11.8 Å². The van der Waals surface area contributed by atoms with Gasteiger partial charge in [0, 0.05) is 5.56 Å². The number of benzene rings is 2. The number of hydrogen-bond acceptors (Lipinski definition) is 6. The lowest BCUT2D eigenvalue weighted by atomic mass is 10.2. The highest BCUT2D eigenvalue weighted by molar-refractivity contribution is 8.15. The van der Waals surface area contributed by atoms with E-state index in [1.807, 2.05) is 38.1 Å². The highest BCUT2D eigenvalue weighted by Crippen LogP contribution is 2.35. The summed E-state index contributed by atoms with van der Waals surface area (Å²) in [7, 11) is 0.